The highest BCUT2D eigenvalue weighted by Gasteiger charge is 2.26. The first kappa shape index (κ1) is 25.2. The highest BCUT2D eigenvalue weighted by molar-refractivity contribution is 5.65. The van der Waals surface area contributed by atoms with Crippen LogP contribution in [0, 0.1) is 23.4 Å². The quantitative estimate of drug-likeness (QED) is 0.303. The van der Waals surface area contributed by atoms with Gasteiger partial charge in [0.1, 0.15) is 18.2 Å². The fourth-order valence-corrected chi connectivity index (χ4v) is 5.07. The molecule has 3 aromatic rings. The van der Waals surface area contributed by atoms with Gasteiger partial charge in [-0.1, -0.05) is 50.1 Å². The van der Waals surface area contributed by atoms with E-state index in [-0.39, 0.29) is 24.1 Å². The summed E-state index contributed by atoms with van der Waals surface area (Å²) in [6, 6.07) is 15.2. The van der Waals surface area contributed by atoms with Gasteiger partial charge in [0.05, 0.1) is 6.61 Å². The van der Waals surface area contributed by atoms with E-state index in [0.29, 0.717) is 35.0 Å². The van der Waals surface area contributed by atoms with Crippen molar-refractivity contribution in [1.29, 1.82) is 0 Å². The summed E-state index contributed by atoms with van der Waals surface area (Å²) in [5.41, 5.74) is 2.42. The summed E-state index contributed by atoms with van der Waals surface area (Å²) in [7, 11) is 0. The SMILES string of the molecule is CCCC1CCC(c2ccc(OCc3ccc(-c4ccc(OCC)cc4F)cc3)c(F)c2F)CC1. The summed E-state index contributed by atoms with van der Waals surface area (Å²) in [5.74, 6) is -0.896. The van der Waals surface area contributed by atoms with E-state index >= 15 is 0 Å². The molecule has 5 heteroatoms. The van der Waals surface area contributed by atoms with E-state index < -0.39 is 11.6 Å². The molecular formula is C30H33F3O2. The van der Waals surface area contributed by atoms with Crippen molar-refractivity contribution >= 4 is 0 Å². The van der Waals surface area contributed by atoms with E-state index in [4.69, 9.17) is 9.47 Å². The van der Waals surface area contributed by atoms with Crippen molar-refractivity contribution in [1.82, 2.24) is 0 Å². The molecule has 0 amide bonds. The van der Waals surface area contributed by atoms with Gasteiger partial charge in [-0.3, -0.25) is 0 Å². The van der Waals surface area contributed by atoms with Crippen LogP contribution >= 0.6 is 0 Å². The van der Waals surface area contributed by atoms with Gasteiger partial charge in [-0.05, 0) is 79.3 Å². The number of ether oxygens (including phenoxy) is 2. The molecule has 0 radical (unpaired) electrons. The molecule has 0 aliphatic heterocycles. The highest BCUT2D eigenvalue weighted by atomic mass is 19.2. The zero-order chi connectivity index (χ0) is 24.8. The van der Waals surface area contributed by atoms with Gasteiger partial charge < -0.3 is 9.47 Å². The van der Waals surface area contributed by atoms with Crippen LogP contribution < -0.4 is 9.47 Å². The first-order chi connectivity index (χ1) is 17.0. The number of benzene rings is 3. The van der Waals surface area contributed by atoms with Crippen LogP contribution in [0.3, 0.4) is 0 Å². The Kier molecular flexibility index (Phi) is 8.37. The normalized spacial score (nSPS) is 17.9. The van der Waals surface area contributed by atoms with Crippen molar-refractivity contribution in [3.05, 3.63) is 83.2 Å². The van der Waals surface area contributed by atoms with Crippen LogP contribution in [-0.4, -0.2) is 6.61 Å². The van der Waals surface area contributed by atoms with Gasteiger partial charge >= 0.3 is 0 Å². The van der Waals surface area contributed by atoms with Crippen LogP contribution in [0.2, 0.25) is 0 Å². The molecule has 186 valence electrons. The topological polar surface area (TPSA) is 18.5 Å². The van der Waals surface area contributed by atoms with Gasteiger partial charge in [0, 0.05) is 11.6 Å². The van der Waals surface area contributed by atoms with Crippen molar-refractivity contribution in [3.63, 3.8) is 0 Å². The van der Waals surface area contributed by atoms with Crippen molar-refractivity contribution in [3.8, 4) is 22.6 Å². The van der Waals surface area contributed by atoms with Gasteiger partial charge in [-0.25, -0.2) is 8.78 Å². The minimum atomic E-state index is -0.925. The Balaban J connectivity index is 1.39. The van der Waals surface area contributed by atoms with Gasteiger partial charge in [0.25, 0.3) is 0 Å². The maximum absolute atomic E-state index is 14.9. The first-order valence-corrected chi connectivity index (χ1v) is 12.6. The van der Waals surface area contributed by atoms with Crippen molar-refractivity contribution < 1.29 is 22.6 Å². The van der Waals surface area contributed by atoms with Crippen LogP contribution in [0.5, 0.6) is 11.5 Å². The smallest absolute Gasteiger partial charge is 0.200 e. The summed E-state index contributed by atoms with van der Waals surface area (Å²) >= 11 is 0. The van der Waals surface area contributed by atoms with Crippen molar-refractivity contribution in [2.45, 2.75) is 64.9 Å². The molecular weight excluding hydrogens is 449 g/mol. The first-order valence-electron chi connectivity index (χ1n) is 12.6. The minimum absolute atomic E-state index is 0.0715. The van der Waals surface area contributed by atoms with E-state index in [1.165, 1.54) is 25.0 Å². The highest BCUT2D eigenvalue weighted by Crippen LogP contribution is 2.40. The lowest BCUT2D eigenvalue weighted by molar-refractivity contribution is 0.279. The lowest BCUT2D eigenvalue weighted by Gasteiger charge is -2.29. The maximum Gasteiger partial charge on any atom is 0.200 e. The zero-order valence-electron chi connectivity index (χ0n) is 20.5. The van der Waals surface area contributed by atoms with Crippen molar-refractivity contribution in [2.24, 2.45) is 5.92 Å². The summed E-state index contributed by atoms with van der Waals surface area (Å²) in [6.45, 7) is 4.60. The molecule has 0 saturated heterocycles. The Morgan fingerprint density at radius 3 is 2.20 bits per heavy atom. The molecule has 3 aromatic carbocycles. The van der Waals surface area contributed by atoms with Gasteiger partial charge in [-0.15, -0.1) is 0 Å². The predicted molar refractivity (Wildman–Crippen MR) is 133 cm³/mol. The van der Waals surface area contributed by atoms with Crippen LogP contribution in [0.1, 0.15) is 69.4 Å². The fourth-order valence-electron chi connectivity index (χ4n) is 5.07. The van der Waals surface area contributed by atoms with E-state index in [1.54, 1.807) is 42.5 Å². The van der Waals surface area contributed by atoms with Crippen LogP contribution in [-0.2, 0) is 6.61 Å². The van der Waals surface area contributed by atoms with Gasteiger partial charge in [0.2, 0.25) is 5.82 Å². The van der Waals surface area contributed by atoms with Crippen LogP contribution in [0.25, 0.3) is 11.1 Å². The zero-order valence-corrected chi connectivity index (χ0v) is 20.5. The standard InChI is InChI=1S/C30H33F3O2/c1-3-5-20-6-10-23(11-7-20)26-16-17-28(30(33)29(26)32)35-19-21-8-12-22(13-9-21)25-15-14-24(34-4-2)18-27(25)31/h8-9,12-18,20,23H,3-7,10-11,19H2,1-2H3. The molecule has 1 saturated carbocycles. The number of halogens is 3. The average Bonchev–Trinajstić information content (AvgIpc) is 2.87. The molecule has 35 heavy (non-hydrogen) atoms. The summed E-state index contributed by atoms with van der Waals surface area (Å²) in [5, 5.41) is 0. The molecule has 1 aliphatic carbocycles. The number of hydrogen-bond donors (Lipinski definition) is 0. The Morgan fingerprint density at radius 2 is 1.54 bits per heavy atom. The molecule has 0 spiro atoms. The number of hydrogen-bond acceptors (Lipinski definition) is 2. The third kappa shape index (κ3) is 6.01. The molecule has 0 atom stereocenters. The fraction of sp³-hybridized carbons (Fsp3) is 0.400. The molecule has 4 rings (SSSR count). The third-order valence-corrected chi connectivity index (χ3v) is 6.97. The lowest BCUT2D eigenvalue weighted by atomic mass is 9.77. The number of rotatable bonds is 9. The Hall–Kier alpha value is -2.95. The Bertz CT molecular complexity index is 1120. The third-order valence-electron chi connectivity index (χ3n) is 6.97. The largest absolute Gasteiger partial charge is 0.494 e. The lowest BCUT2D eigenvalue weighted by Crippen LogP contribution is -2.15. The Morgan fingerprint density at radius 1 is 0.800 bits per heavy atom. The predicted octanol–water partition coefficient (Wildman–Crippen LogP) is 8.82. The maximum atomic E-state index is 14.9. The van der Waals surface area contributed by atoms with Gasteiger partial charge in [-0.2, -0.15) is 4.39 Å². The molecule has 0 N–H and O–H groups in total. The molecule has 0 aromatic heterocycles. The molecule has 0 unspecified atom stereocenters. The second-order valence-electron chi connectivity index (χ2n) is 9.35. The van der Waals surface area contributed by atoms with Crippen molar-refractivity contribution in [2.75, 3.05) is 6.61 Å². The molecule has 1 aliphatic rings. The van der Waals surface area contributed by atoms with Gasteiger partial charge in [0.15, 0.2) is 11.6 Å². The second kappa shape index (κ2) is 11.7. The Labute approximate surface area is 206 Å². The molecule has 0 bridgehead atoms. The monoisotopic (exact) mass is 482 g/mol. The summed E-state index contributed by atoms with van der Waals surface area (Å²) < 4.78 is 55.0. The average molecular weight is 483 g/mol. The van der Waals surface area contributed by atoms with E-state index in [2.05, 4.69) is 6.92 Å². The van der Waals surface area contributed by atoms with Crippen LogP contribution in [0.15, 0.2) is 54.6 Å². The molecule has 0 heterocycles. The minimum Gasteiger partial charge on any atom is -0.494 e. The van der Waals surface area contributed by atoms with E-state index in [1.807, 2.05) is 6.92 Å². The van der Waals surface area contributed by atoms with E-state index in [0.717, 1.165) is 31.2 Å². The van der Waals surface area contributed by atoms with Crippen LogP contribution in [0.4, 0.5) is 13.2 Å². The molecule has 2 nitrogen and oxygen atoms in total. The molecule has 1 fully saturated rings. The summed E-state index contributed by atoms with van der Waals surface area (Å²) in [6.07, 6.45) is 6.35. The second-order valence-corrected chi connectivity index (χ2v) is 9.35. The summed E-state index contributed by atoms with van der Waals surface area (Å²) in [4.78, 5) is 0. The van der Waals surface area contributed by atoms with E-state index in [9.17, 15) is 13.2 Å².